The van der Waals surface area contributed by atoms with Crippen molar-refractivity contribution in [3.8, 4) is 0 Å². The number of nitrogens with two attached hydrogens (primary N) is 1. The van der Waals surface area contributed by atoms with E-state index in [9.17, 15) is 0 Å². The lowest BCUT2D eigenvalue weighted by molar-refractivity contribution is 0.615. The highest BCUT2D eigenvalue weighted by Gasteiger charge is 2.08. The summed E-state index contributed by atoms with van der Waals surface area (Å²) in [7, 11) is 0. The quantitative estimate of drug-likeness (QED) is 0.701. The van der Waals surface area contributed by atoms with Crippen molar-refractivity contribution < 1.29 is 0 Å². The van der Waals surface area contributed by atoms with E-state index in [1.807, 2.05) is 4.68 Å². The van der Waals surface area contributed by atoms with Gasteiger partial charge in [0.05, 0.1) is 12.2 Å². The lowest BCUT2D eigenvalue weighted by Gasteiger charge is -1.99. The molecule has 1 aliphatic rings. The van der Waals surface area contributed by atoms with Gasteiger partial charge in [-0.05, 0) is 12.8 Å². The average Bonchev–Trinajstić information content (AvgIpc) is 2.47. The van der Waals surface area contributed by atoms with Crippen LogP contribution in [0.4, 0.5) is 0 Å². The van der Waals surface area contributed by atoms with Crippen LogP contribution < -0.4 is 5.73 Å². The van der Waals surface area contributed by atoms with E-state index >= 15 is 0 Å². The maximum absolute atomic E-state index is 5.44. The second-order valence-corrected chi connectivity index (χ2v) is 3.02. The molecule has 0 aromatic carbocycles. The fraction of sp³-hybridized carbons (Fsp3) is 0.444. The Bertz CT molecular complexity index is 299. The van der Waals surface area contributed by atoms with Crippen molar-refractivity contribution in [3.05, 3.63) is 23.5 Å². The van der Waals surface area contributed by atoms with Crippen LogP contribution in [0.15, 0.2) is 12.3 Å². The molecule has 2 rings (SSSR count). The average molecular weight is 163 g/mol. The standard InChI is InChI=1S/C9H13N3/c10-5-6-12-7-8-3-1-2-4-9(8)11-12/h1,3,7H,2,4-6,10H2. The fourth-order valence-corrected chi connectivity index (χ4v) is 1.49. The first kappa shape index (κ1) is 7.55. The van der Waals surface area contributed by atoms with Crippen LogP contribution in [0.3, 0.4) is 0 Å². The normalized spacial score (nSPS) is 14.8. The van der Waals surface area contributed by atoms with Crippen LogP contribution in [0.25, 0.3) is 6.08 Å². The number of hydrogen-bond acceptors (Lipinski definition) is 2. The smallest absolute Gasteiger partial charge is 0.0699 e. The van der Waals surface area contributed by atoms with Gasteiger partial charge in [-0.1, -0.05) is 12.2 Å². The summed E-state index contributed by atoms with van der Waals surface area (Å²) in [6.45, 7) is 1.48. The molecule has 1 aliphatic carbocycles. The number of aryl methyl sites for hydroxylation is 1. The molecular formula is C9H13N3. The second-order valence-electron chi connectivity index (χ2n) is 3.02. The molecule has 0 aliphatic heterocycles. The monoisotopic (exact) mass is 163 g/mol. The molecule has 0 amide bonds. The van der Waals surface area contributed by atoms with Crippen LogP contribution >= 0.6 is 0 Å². The van der Waals surface area contributed by atoms with Crippen LogP contribution in [-0.4, -0.2) is 16.3 Å². The van der Waals surface area contributed by atoms with Gasteiger partial charge in [0.15, 0.2) is 0 Å². The summed E-state index contributed by atoms with van der Waals surface area (Å²) < 4.78 is 1.93. The summed E-state index contributed by atoms with van der Waals surface area (Å²) in [6, 6.07) is 0. The van der Waals surface area contributed by atoms with Crippen LogP contribution in [0, 0.1) is 0 Å². The molecule has 3 nitrogen and oxygen atoms in total. The predicted molar refractivity (Wildman–Crippen MR) is 48.6 cm³/mol. The van der Waals surface area contributed by atoms with E-state index in [4.69, 9.17) is 5.73 Å². The van der Waals surface area contributed by atoms with Crippen molar-refractivity contribution >= 4 is 6.08 Å². The lowest BCUT2D eigenvalue weighted by Crippen LogP contribution is -2.10. The van der Waals surface area contributed by atoms with Gasteiger partial charge in [-0.15, -0.1) is 0 Å². The number of aromatic nitrogens is 2. The summed E-state index contributed by atoms with van der Waals surface area (Å²) in [5.74, 6) is 0. The van der Waals surface area contributed by atoms with E-state index < -0.39 is 0 Å². The number of hydrogen-bond donors (Lipinski definition) is 1. The maximum Gasteiger partial charge on any atom is 0.0699 e. The Hall–Kier alpha value is -1.09. The highest BCUT2D eigenvalue weighted by Crippen LogP contribution is 2.16. The first-order chi connectivity index (χ1) is 5.90. The van der Waals surface area contributed by atoms with E-state index in [1.165, 1.54) is 11.3 Å². The SMILES string of the molecule is NCCn1cc2c(n1)CCC=C2. The maximum atomic E-state index is 5.44. The highest BCUT2D eigenvalue weighted by molar-refractivity contribution is 5.53. The van der Waals surface area contributed by atoms with E-state index in [-0.39, 0.29) is 0 Å². The van der Waals surface area contributed by atoms with Gasteiger partial charge >= 0.3 is 0 Å². The Morgan fingerprint density at radius 2 is 2.50 bits per heavy atom. The van der Waals surface area contributed by atoms with Crippen LogP contribution in [-0.2, 0) is 13.0 Å². The first-order valence-corrected chi connectivity index (χ1v) is 4.33. The number of fused-ring (bicyclic) bond motifs is 1. The van der Waals surface area contributed by atoms with E-state index in [1.54, 1.807) is 0 Å². The summed E-state index contributed by atoms with van der Waals surface area (Å²) in [6.07, 6.45) is 8.59. The molecule has 0 radical (unpaired) electrons. The third-order valence-electron chi connectivity index (χ3n) is 2.07. The van der Waals surface area contributed by atoms with Gasteiger partial charge in [0.1, 0.15) is 0 Å². The summed E-state index contributed by atoms with van der Waals surface area (Å²) in [5.41, 5.74) is 7.91. The second kappa shape index (κ2) is 3.11. The lowest BCUT2D eigenvalue weighted by atomic mass is 10.1. The van der Waals surface area contributed by atoms with E-state index in [0.717, 1.165) is 19.4 Å². The number of rotatable bonds is 2. The topological polar surface area (TPSA) is 43.8 Å². The van der Waals surface area contributed by atoms with Crippen LogP contribution in [0.2, 0.25) is 0 Å². The van der Waals surface area contributed by atoms with Gasteiger partial charge in [-0.3, -0.25) is 4.68 Å². The highest BCUT2D eigenvalue weighted by atomic mass is 15.3. The fourth-order valence-electron chi connectivity index (χ4n) is 1.49. The Morgan fingerprint density at radius 3 is 3.25 bits per heavy atom. The molecular weight excluding hydrogens is 150 g/mol. The van der Waals surface area contributed by atoms with E-state index in [0.29, 0.717) is 6.54 Å². The molecule has 12 heavy (non-hydrogen) atoms. The molecule has 3 heteroatoms. The Morgan fingerprint density at radius 1 is 1.58 bits per heavy atom. The van der Waals surface area contributed by atoms with Crippen molar-refractivity contribution in [1.82, 2.24) is 9.78 Å². The van der Waals surface area contributed by atoms with Gasteiger partial charge in [-0.2, -0.15) is 5.10 Å². The minimum absolute atomic E-state index is 0.657. The third kappa shape index (κ3) is 1.28. The zero-order valence-corrected chi connectivity index (χ0v) is 7.03. The van der Waals surface area contributed by atoms with Crippen molar-refractivity contribution in [1.29, 1.82) is 0 Å². The van der Waals surface area contributed by atoms with Gasteiger partial charge in [-0.25, -0.2) is 0 Å². The zero-order valence-electron chi connectivity index (χ0n) is 7.03. The van der Waals surface area contributed by atoms with Crippen molar-refractivity contribution in [2.75, 3.05) is 6.54 Å². The zero-order chi connectivity index (χ0) is 8.39. The first-order valence-electron chi connectivity index (χ1n) is 4.33. The third-order valence-corrected chi connectivity index (χ3v) is 2.07. The minimum atomic E-state index is 0.657. The van der Waals surface area contributed by atoms with Gasteiger partial charge in [0, 0.05) is 18.3 Å². The summed E-state index contributed by atoms with van der Waals surface area (Å²) in [4.78, 5) is 0. The predicted octanol–water partition coefficient (Wildman–Crippen LogP) is 0.801. The summed E-state index contributed by atoms with van der Waals surface area (Å²) >= 11 is 0. The minimum Gasteiger partial charge on any atom is -0.329 e. The van der Waals surface area contributed by atoms with E-state index in [2.05, 4.69) is 23.4 Å². The molecule has 1 aromatic heterocycles. The molecule has 2 N–H and O–H groups in total. The Kier molecular flexibility index (Phi) is 1.96. The number of allylic oxidation sites excluding steroid dienone is 1. The number of nitrogens with zero attached hydrogens (tertiary/aromatic N) is 2. The molecule has 1 heterocycles. The molecule has 0 saturated carbocycles. The molecule has 64 valence electrons. The molecule has 1 aromatic rings. The Labute approximate surface area is 71.9 Å². The molecule has 0 bridgehead atoms. The molecule has 0 spiro atoms. The van der Waals surface area contributed by atoms with Crippen LogP contribution in [0.5, 0.6) is 0 Å². The summed E-state index contributed by atoms with van der Waals surface area (Å²) in [5, 5.41) is 4.43. The van der Waals surface area contributed by atoms with Crippen molar-refractivity contribution in [2.24, 2.45) is 5.73 Å². The van der Waals surface area contributed by atoms with Crippen molar-refractivity contribution in [2.45, 2.75) is 19.4 Å². The molecule has 0 saturated heterocycles. The molecule has 0 unspecified atom stereocenters. The van der Waals surface area contributed by atoms with Gasteiger partial charge in [0.2, 0.25) is 0 Å². The largest absolute Gasteiger partial charge is 0.329 e. The van der Waals surface area contributed by atoms with Crippen LogP contribution in [0.1, 0.15) is 17.7 Å². The van der Waals surface area contributed by atoms with Gasteiger partial charge < -0.3 is 5.73 Å². The molecule has 0 atom stereocenters. The van der Waals surface area contributed by atoms with Crippen molar-refractivity contribution in [3.63, 3.8) is 0 Å². The van der Waals surface area contributed by atoms with Gasteiger partial charge in [0.25, 0.3) is 0 Å². The Balaban J connectivity index is 2.27. The molecule has 0 fully saturated rings.